The standard InChI is InChI=1S/C34H34F6N4O5/c1-22(24-15-26(33(35,36)37)17-27(16-24)34(38,39)40)49-21-32(25-11-7-4-8-12-25)14-13-28(44-29(20-47-2)41-42-30(44)45)18-43(32)31(46)48-19-23-9-5-3-6-10-23/h3-12,15-17,22,28H,13-14,18-21H2,1-2H3,(H,42,45)/t22-,28?,32-/m1/s1. The Morgan fingerprint density at radius 2 is 1.57 bits per heavy atom. The van der Waals surface area contributed by atoms with Gasteiger partial charge in [0.1, 0.15) is 13.2 Å². The number of alkyl halides is 6. The van der Waals surface area contributed by atoms with Crippen molar-refractivity contribution >= 4 is 6.09 Å². The van der Waals surface area contributed by atoms with Gasteiger partial charge in [0, 0.05) is 13.7 Å². The van der Waals surface area contributed by atoms with Crippen molar-refractivity contribution < 1.29 is 45.3 Å². The molecule has 1 N–H and O–H groups in total. The van der Waals surface area contributed by atoms with Gasteiger partial charge >= 0.3 is 24.1 Å². The van der Waals surface area contributed by atoms with Crippen LogP contribution < -0.4 is 5.69 Å². The van der Waals surface area contributed by atoms with Crippen LogP contribution in [0.25, 0.3) is 0 Å². The molecule has 0 saturated carbocycles. The van der Waals surface area contributed by atoms with Crippen LogP contribution in [0.15, 0.2) is 83.7 Å². The minimum absolute atomic E-state index is 0.00898. The zero-order chi connectivity index (χ0) is 35.4. The third-order valence-corrected chi connectivity index (χ3v) is 8.61. The Bertz CT molecular complexity index is 1750. The summed E-state index contributed by atoms with van der Waals surface area (Å²) in [6, 6.07) is 18.4. The van der Waals surface area contributed by atoms with Crippen LogP contribution in [0.1, 0.15) is 65.6 Å². The van der Waals surface area contributed by atoms with E-state index in [2.05, 4.69) is 10.2 Å². The number of nitrogens with zero attached hydrogens (tertiary/aromatic N) is 3. The molecule has 0 radical (unpaired) electrons. The Labute approximate surface area is 277 Å². The number of carbonyl (C=O) groups is 1. The molecule has 3 aromatic carbocycles. The number of halogens is 6. The highest BCUT2D eigenvalue weighted by molar-refractivity contribution is 5.69. The van der Waals surface area contributed by atoms with Crippen molar-refractivity contribution in [1.29, 1.82) is 0 Å². The van der Waals surface area contributed by atoms with Gasteiger partial charge in [0.2, 0.25) is 0 Å². The van der Waals surface area contributed by atoms with E-state index in [4.69, 9.17) is 14.2 Å². The third kappa shape index (κ3) is 7.99. The van der Waals surface area contributed by atoms with Gasteiger partial charge in [-0.3, -0.25) is 9.47 Å². The highest BCUT2D eigenvalue weighted by Gasteiger charge is 2.48. The number of amides is 1. The fourth-order valence-corrected chi connectivity index (χ4v) is 6.07. The molecule has 9 nitrogen and oxygen atoms in total. The summed E-state index contributed by atoms with van der Waals surface area (Å²) >= 11 is 0. The highest BCUT2D eigenvalue weighted by atomic mass is 19.4. The van der Waals surface area contributed by atoms with Crippen LogP contribution in [-0.2, 0) is 45.3 Å². The molecule has 262 valence electrons. The van der Waals surface area contributed by atoms with Crippen LogP contribution >= 0.6 is 0 Å². The molecule has 1 aliphatic heterocycles. The number of nitrogens with one attached hydrogen (secondary N) is 1. The van der Waals surface area contributed by atoms with Crippen LogP contribution in [0.3, 0.4) is 0 Å². The van der Waals surface area contributed by atoms with E-state index in [1.54, 1.807) is 54.6 Å². The number of likely N-dealkylation sites (tertiary alicyclic amines) is 1. The Morgan fingerprint density at radius 3 is 2.16 bits per heavy atom. The lowest BCUT2D eigenvalue weighted by Gasteiger charge is -2.49. The number of benzene rings is 3. The smallest absolute Gasteiger partial charge is 0.416 e. The van der Waals surface area contributed by atoms with Gasteiger partial charge in [-0.05, 0) is 54.7 Å². The van der Waals surface area contributed by atoms with Gasteiger partial charge < -0.3 is 14.2 Å². The summed E-state index contributed by atoms with van der Waals surface area (Å²) in [4.78, 5) is 28.3. The van der Waals surface area contributed by atoms with E-state index >= 15 is 0 Å². The van der Waals surface area contributed by atoms with Crippen LogP contribution in [-0.4, -0.2) is 46.0 Å². The van der Waals surface area contributed by atoms with Gasteiger partial charge in [-0.2, -0.15) is 31.4 Å². The molecule has 49 heavy (non-hydrogen) atoms. The van der Waals surface area contributed by atoms with E-state index in [1.807, 2.05) is 6.07 Å². The predicted octanol–water partition coefficient (Wildman–Crippen LogP) is 7.40. The summed E-state index contributed by atoms with van der Waals surface area (Å²) in [5, 5.41) is 6.45. The maximum absolute atomic E-state index is 14.1. The first-order valence-corrected chi connectivity index (χ1v) is 15.3. The largest absolute Gasteiger partial charge is 0.445 e. The van der Waals surface area contributed by atoms with E-state index in [1.165, 1.54) is 23.5 Å². The monoisotopic (exact) mass is 692 g/mol. The number of H-pyrrole nitrogens is 1. The van der Waals surface area contributed by atoms with Gasteiger partial charge in [-0.1, -0.05) is 60.7 Å². The number of ether oxygens (including phenoxy) is 3. The van der Waals surface area contributed by atoms with E-state index < -0.39 is 52.9 Å². The lowest BCUT2D eigenvalue weighted by Crippen LogP contribution is -2.58. The molecule has 1 aromatic heterocycles. The molecule has 2 heterocycles. The van der Waals surface area contributed by atoms with Crippen LogP contribution in [0.4, 0.5) is 31.1 Å². The van der Waals surface area contributed by atoms with Gasteiger partial charge in [0.15, 0.2) is 5.82 Å². The summed E-state index contributed by atoms with van der Waals surface area (Å²) in [7, 11) is 1.44. The maximum atomic E-state index is 14.1. The molecule has 0 bridgehead atoms. The second-order valence-electron chi connectivity index (χ2n) is 11.8. The summed E-state index contributed by atoms with van der Waals surface area (Å²) in [5.41, 5.74) is -3.79. The van der Waals surface area contributed by atoms with Crippen molar-refractivity contribution in [2.75, 3.05) is 20.3 Å². The van der Waals surface area contributed by atoms with Gasteiger partial charge in [0.05, 0.1) is 35.4 Å². The van der Waals surface area contributed by atoms with Crippen LogP contribution in [0.5, 0.6) is 0 Å². The van der Waals surface area contributed by atoms with Crippen molar-refractivity contribution in [3.63, 3.8) is 0 Å². The highest BCUT2D eigenvalue weighted by Crippen LogP contribution is 2.44. The molecule has 1 amide bonds. The zero-order valence-electron chi connectivity index (χ0n) is 26.6. The third-order valence-electron chi connectivity index (χ3n) is 8.61. The van der Waals surface area contributed by atoms with Crippen molar-refractivity contribution in [2.45, 2.75) is 63.0 Å². The SMILES string of the molecule is COCc1n[nH]c(=O)n1C1CC[C@@](CO[C@H](C)c2cc(C(F)(F)F)cc(C(F)(F)F)c2)(c2ccccc2)N(C(=O)OCc2ccccc2)C1. The first kappa shape index (κ1) is 35.7. The lowest BCUT2D eigenvalue weighted by molar-refractivity contribution is -0.143. The maximum Gasteiger partial charge on any atom is 0.416 e. The van der Waals surface area contributed by atoms with Crippen molar-refractivity contribution in [3.05, 3.63) is 123 Å². The zero-order valence-corrected chi connectivity index (χ0v) is 26.6. The Hall–Kier alpha value is -4.63. The van der Waals surface area contributed by atoms with E-state index in [0.29, 0.717) is 35.5 Å². The number of rotatable bonds is 10. The molecule has 4 aromatic rings. The van der Waals surface area contributed by atoms with Gasteiger partial charge in [0.25, 0.3) is 0 Å². The molecule has 1 fully saturated rings. The minimum Gasteiger partial charge on any atom is -0.445 e. The molecular weight excluding hydrogens is 658 g/mol. The van der Waals surface area contributed by atoms with Crippen molar-refractivity contribution in [2.24, 2.45) is 0 Å². The van der Waals surface area contributed by atoms with Crippen molar-refractivity contribution in [1.82, 2.24) is 19.7 Å². The number of hydrogen-bond acceptors (Lipinski definition) is 6. The second kappa shape index (κ2) is 14.5. The molecule has 1 aliphatic rings. The van der Waals surface area contributed by atoms with Gasteiger partial charge in [-0.15, -0.1) is 0 Å². The van der Waals surface area contributed by atoms with Crippen LogP contribution in [0.2, 0.25) is 0 Å². The Morgan fingerprint density at radius 1 is 0.959 bits per heavy atom. The number of aromatic amines is 1. The first-order chi connectivity index (χ1) is 23.2. The fraction of sp³-hybridized carbons (Fsp3) is 0.382. The Balaban J connectivity index is 1.53. The normalized spacial score (nSPS) is 19.1. The lowest BCUT2D eigenvalue weighted by atomic mass is 9.79. The number of aromatic nitrogens is 3. The molecule has 0 aliphatic carbocycles. The topological polar surface area (TPSA) is 98.7 Å². The van der Waals surface area contributed by atoms with E-state index in [-0.39, 0.29) is 44.4 Å². The quantitative estimate of drug-likeness (QED) is 0.174. The van der Waals surface area contributed by atoms with Gasteiger partial charge in [-0.25, -0.2) is 14.7 Å². The second-order valence-corrected chi connectivity index (χ2v) is 11.8. The Kier molecular flexibility index (Phi) is 10.5. The predicted molar refractivity (Wildman–Crippen MR) is 164 cm³/mol. The van der Waals surface area contributed by atoms with Crippen LogP contribution in [0, 0.1) is 0 Å². The number of piperidine rings is 1. The van der Waals surface area contributed by atoms with E-state index in [9.17, 15) is 35.9 Å². The average molecular weight is 693 g/mol. The first-order valence-electron chi connectivity index (χ1n) is 15.3. The average Bonchev–Trinajstić information content (AvgIpc) is 3.45. The molecule has 5 rings (SSSR count). The van der Waals surface area contributed by atoms with Crippen molar-refractivity contribution in [3.8, 4) is 0 Å². The molecule has 3 atom stereocenters. The summed E-state index contributed by atoms with van der Waals surface area (Å²) < 4.78 is 100. The summed E-state index contributed by atoms with van der Waals surface area (Å²) in [5.74, 6) is 0.303. The minimum atomic E-state index is -5.04. The fourth-order valence-electron chi connectivity index (χ4n) is 6.07. The molecule has 15 heteroatoms. The number of carbonyl (C=O) groups excluding carboxylic acids is 1. The summed E-state index contributed by atoms with van der Waals surface area (Å²) in [6.45, 7) is 0.871. The summed E-state index contributed by atoms with van der Waals surface area (Å²) in [6.07, 6.45) is -11.6. The number of methoxy groups -OCH3 is 1. The molecule has 1 saturated heterocycles. The molecule has 1 unspecified atom stereocenters. The molecular formula is C34H34F6N4O5. The molecule has 0 spiro atoms. The number of hydrogen-bond donors (Lipinski definition) is 1. The van der Waals surface area contributed by atoms with E-state index in [0.717, 1.165) is 0 Å².